The molecule has 0 N–H and O–H groups in total. The smallest absolute Gasteiger partial charge is 0.223 e. The van der Waals surface area contributed by atoms with Crippen molar-refractivity contribution >= 4 is 23.5 Å². The van der Waals surface area contributed by atoms with Gasteiger partial charge in [-0.05, 0) is 24.3 Å². The van der Waals surface area contributed by atoms with Crippen LogP contribution in [0.2, 0.25) is 0 Å². The SMILES string of the molecule is Cn1c(SCCC(=O)N2CCN(c3ccccn3)CC2)nnc1-c1cccnc1. The molecule has 150 valence electrons. The summed E-state index contributed by atoms with van der Waals surface area (Å²) in [6, 6.07) is 9.75. The minimum atomic E-state index is 0.188. The zero-order valence-corrected chi connectivity index (χ0v) is 17.1. The average Bonchev–Trinajstić information content (AvgIpc) is 3.15. The van der Waals surface area contributed by atoms with E-state index < -0.39 is 0 Å². The number of carbonyl (C=O) groups is 1. The van der Waals surface area contributed by atoms with Gasteiger partial charge in [0.1, 0.15) is 5.82 Å². The zero-order valence-electron chi connectivity index (χ0n) is 16.3. The molecule has 0 unspecified atom stereocenters. The van der Waals surface area contributed by atoms with E-state index >= 15 is 0 Å². The van der Waals surface area contributed by atoms with Gasteiger partial charge >= 0.3 is 0 Å². The number of thioether (sulfide) groups is 1. The third-order valence-electron chi connectivity index (χ3n) is 4.91. The lowest BCUT2D eigenvalue weighted by molar-refractivity contribution is -0.131. The van der Waals surface area contributed by atoms with Crippen LogP contribution in [-0.2, 0) is 11.8 Å². The fourth-order valence-corrected chi connectivity index (χ4v) is 4.14. The Hall–Kier alpha value is -2.94. The highest BCUT2D eigenvalue weighted by Crippen LogP contribution is 2.22. The molecule has 3 aromatic rings. The average molecular weight is 410 g/mol. The molecule has 1 aliphatic rings. The Labute approximate surface area is 174 Å². The summed E-state index contributed by atoms with van der Waals surface area (Å²) in [5.74, 6) is 2.62. The maximum absolute atomic E-state index is 12.6. The Morgan fingerprint density at radius 3 is 2.66 bits per heavy atom. The van der Waals surface area contributed by atoms with Crippen LogP contribution in [0, 0.1) is 0 Å². The first-order valence-corrected chi connectivity index (χ1v) is 10.6. The molecule has 0 aliphatic carbocycles. The van der Waals surface area contributed by atoms with E-state index in [9.17, 15) is 4.79 Å². The molecular formula is C20H23N7OS. The molecule has 3 aromatic heterocycles. The topological polar surface area (TPSA) is 80.0 Å². The molecule has 0 bridgehead atoms. The lowest BCUT2D eigenvalue weighted by Gasteiger charge is -2.35. The molecule has 0 spiro atoms. The number of hydrogen-bond acceptors (Lipinski definition) is 7. The highest BCUT2D eigenvalue weighted by atomic mass is 32.2. The van der Waals surface area contributed by atoms with Crippen LogP contribution in [0.15, 0.2) is 54.1 Å². The molecular weight excluding hydrogens is 386 g/mol. The van der Waals surface area contributed by atoms with Crippen molar-refractivity contribution in [2.75, 3.05) is 36.8 Å². The van der Waals surface area contributed by atoms with Crippen LogP contribution in [0.4, 0.5) is 5.82 Å². The quantitative estimate of drug-likeness (QED) is 0.577. The lowest BCUT2D eigenvalue weighted by Crippen LogP contribution is -2.49. The molecule has 0 aromatic carbocycles. The van der Waals surface area contributed by atoms with Gasteiger partial charge < -0.3 is 14.4 Å². The summed E-state index contributed by atoms with van der Waals surface area (Å²) in [6.45, 7) is 3.09. The second-order valence-corrected chi connectivity index (χ2v) is 7.82. The molecule has 4 rings (SSSR count). The fraction of sp³-hybridized carbons (Fsp3) is 0.350. The highest BCUT2D eigenvalue weighted by Gasteiger charge is 2.21. The van der Waals surface area contributed by atoms with Crippen LogP contribution >= 0.6 is 11.8 Å². The van der Waals surface area contributed by atoms with Gasteiger partial charge in [-0.1, -0.05) is 17.8 Å². The number of nitrogens with zero attached hydrogens (tertiary/aromatic N) is 7. The standard InChI is InChI=1S/C20H23N7OS/c1-25-19(16-5-4-8-21-15-16)23-24-20(25)29-14-7-18(28)27-12-10-26(11-13-27)17-6-2-3-9-22-17/h2-6,8-9,15H,7,10-14H2,1H3. The Kier molecular flexibility index (Phi) is 6.04. The number of aromatic nitrogens is 5. The van der Waals surface area contributed by atoms with Crippen molar-refractivity contribution in [1.82, 2.24) is 29.6 Å². The van der Waals surface area contributed by atoms with Crippen LogP contribution in [-0.4, -0.2) is 67.5 Å². The first kappa shape index (κ1) is 19.4. The summed E-state index contributed by atoms with van der Waals surface area (Å²) in [6.07, 6.45) is 5.80. The van der Waals surface area contributed by atoms with Crippen LogP contribution in [0.5, 0.6) is 0 Å². The molecule has 29 heavy (non-hydrogen) atoms. The van der Waals surface area contributed by atoms with Crippen LogP contribution in [0.1, 0.15) is 6.42 Å². The van der Waals surface area contributed by atoms with Gasteiger partial charge in [0.15, 0.2) is 11.0 Å². The molecule has 9 heteroatoms. The van der Waals surface area contributed by atoms with Gasteiger partial charge in [0.25, 0.3) is 0 Å². The molecule has 0 radical (unpaired) electrons. The van der Waals surface area contributed by atoms with Crippen molar-refractivity contribution in [3.63, 3.8) is 0 Å². The molecule has 4 heterocycles. The van der Waals surface area contributed by atoms with Gasteiger partial charge in [-0.25, -0.2) is 4.98 Å². The van der Waals surface area contributed by atoms with Crippen LogP contribution < -0.4 is 4.90 Å². The largest absolute Gasteiger partial charge is 0.353 e. The third kappa shape index (κ3) is 4.56. The number of pyridine rings is 2. The van der Waals surface area contributed by atoms with Gasteiger partial charge in [0.05, 0.1) is 0 Å². The van der Waals surface area contributed by atoms with Crippen molar-refractivity contribution in [3.8, 4) is 11.4 Å². The van der Waals surface area contributed by atoms with E-state index in [4.69, 9.17) is 0 Å². The first-order chi connectivity index (χ1) is 14.2. The Morgan fingerprint density at radius 2 is 1.93 bits per heavy atom. The maximum Gasteiger partial charge on any atom is 0.223 e. The summed E-state index contributed by atoms with van der Waals surface area (Å²) in [4.78, 5) is 25.2. The third-order valence-corrected chi connectivity index (χ3v) is 5.93. The number of anilines is 1. The summed E-state index contributed by atoms with van der Waals surface area (Å²) >= 11 is 1.55. The molecule has 1 fully saturated rings. The molecule has 1 amide bonds. The zero-order chi connectivity index (χ0) is 20.1. The van der Waals surface area contributed by atoms with E-state index in [-0.39, 0.29) is 5.91 Å². The van der Waals surface area contributed by atoms with Crippen molar-refractivity contribution in [2.24, 2.45) is 7.05 Å². The predicted octanol–water partition coefficient (Wildman–Crippen LogP) is 2.10. The lowest BCUT2D eigenvalue weighted by atomic mass is 10.3. The van der Waals surface area contributed by atoms with E-state index in [0.717, 1.165) is 48.5 Å². The predicted molar refractivity (Wildman–Crippen MR) is 113 cm³/mol. The van der Waals surface area contributed by atoms with Crippen LogP contribution in [0.3, 0.4) is 0 Å². The van der Waals surface area contributed by atoms with E-state index in [1.165, 1.54) is 0 Å². The summed E-state index contributed by atoms with van der Waals surface area (Å²) < 4.78 is 1.94. The number of amides is 1. The second kappa shape index (κ2) is 9.04. The van der Waals surface area contributed by atoms with Gasteiger partial charge in [-0.3, -0.25) is 9.78 Å². The van der Waals surface area contributed by atoms with Crippen LogP contribution in [0.25, 0.3) is 11.4 Å². The Bertz CT molecular complexity index is 940. The summed E-state index contributed by atoms with van der Waals surface area (Å²) in [5, 5.41) is 9.31. The van der Waals surface area contributed by atoms with Gasteiger partial charge in [-0.15, -0.1) is 10.2 Å². The van der Waals surface area contributed by atoms with Crippen molar-refractivity contribution in [3.05, 3.63) is 48.9 Å². The van der Waals surface area contributed by atoms with Gasteiger partial charge in [-0.2, -0.15) is 0 Å². The van der Waals surface area contributed by atoms with E-state index in [2.05, 4.69) is 25.1 Å². The minimum Gasteiger partial charge on any atom is -0.353 e. The number of carbonyl (C=O) groups excluding carboxylic acids is 1. The molecule has 0 saturated carbocycles. The number of piperazine rings is 1. The monoisotopic (exact) mass is 409 g/mol. The number of hydrogen-bond donors (Lipinski definition) is 0. The molecule has 1 aliphatic heterocycles. The molecule has 1 saturated heterocycles. The summed E-state index contributed by atoms with van der Waals surface area (Å²) in [5.41, 5.74) is 0.927. The molecule has 8 nitrogen and oxygen atoms in total. The normalized spacial score (nSPS) is 14.2. The highest BCUT2D eigenvalue weighted by molar-refractivity contribution is 7.99. The fourth-order valence-electron chi connectivity index (χ4n) is 3.30. The van der Waals surface area contributed by atoms with Crippen molar-refractivity contribution < 1.29 is 4.79 Å². The molecule has 0 atom stereocenters. The second-order valence-electron chi connectivity index (χ2n) is 6.76. The van der Waals surface area contributed by atoms with Gasteiger partial charge in [0, 0.05) is 69.6 Å². The Balaban J connectivity index is 1.25. The van der Waals surface area contributed by atoms with Gasteiger partial charge in [0.2, 0.25) is 5.91 Å². The van der Waals surface area contributed by atoms with Crippen molar-refractivity contribution in [2.45, 2.75) is 11.6 Å². The van der Waals surface area contributed by atoms with E-state index in [1.54, 1.807) is 30.4 Å². The maximum atomic E-state index is 12.6. The van der Waals surface area contributed by atoms with E-state index in [1.807, 2.05) is 46.8 Å². The van der Waals surface area contributed by atoms with Crippen molar-refractivity contribution in [1.29, 1.82) is 0 Å². The summed E-state index contributed by atoms with van der Waals surface area (Å²) in [7, 11) is 1.93. The first-order valence-electron chi connectivity index (χ1n) is 9.59. The minimum absolute atomic E-state index is 0.188. The number of rotatable bonds is 6. The van der Waals surface area contributed by atoms with E-state index in [0.29, 0.717) is 12.2 Å². The Morgan fingerprint density at radius 1 is 1.07 bits per heavy atom.